The molecule has 0 aliphatic heterocycles. The lowest BCUT2D eigenvalue weighted by Crippen LogP contribution is -2.24. The van der Waals surface area contributed by atoms with Gasteiger partial charge in [-0.2, -0.15) is 19.6 Å². The Morgan fingerprint density at radius 2 is 1.01 bits per heavy atom. The minimum absolute atomic E-state index is 0.0247. The SMILES string of the molecule is CC(C)OC(=O)OCOP(=O)(COC(CO)Cc1ccc2c(N)ncnn12)OCOC(=O)OC(C)C.Cc1ncnn2c(CC(CO)OCP(=O)(O)O)ccc12.Nc1ccnn2c(CC(CO)OCP(=O)(O)OP(=O)(O)OP(=O)(O)O)ccc12. The van der Waals surface area contributed by atoms with Crippen molar-refractivity contribution in [3.8, 4) is 0 Å². The quantitative estimate of drug-likeness (QED) is 0.0175. The minimum atomic E-state index is -5.55. The second kappa shape index (κ2) is 32.4. The molecule has 0 aromatic carbocycles. The van der Waals surface area contributed by atoms with Gasteiger partial charge in [0.25, 0.3) is 0 Å². The van der Waals surface area contributed by atoms with Crippen molar-refractivity contribution in [3.05, 3.63) is 84.1 Å². The van der Waals surface area contributed by atoms with Crippen LogP contribution in [-0.4, -0.2) is 179 Å². The number of aliphatic hydroxyl groups excluding tert-OH is 3. The second-order valence-corrected chi connectivity index (χ2v) is 26.0. The first-order valence-corrected chi connectivity index (χ1v) is 32.5. The number of hydrogen-bond acceptors (Lipinski definition) is 28. The van der Waals surface area contributed by atoms with E-state index in [0.717, 1.165) is 16.9 Å². The summed E-state index contributed by atoms with van der Waals surface area (Å²) in [6.07, 6.45) is -3.51. The van der Waals surface area contributed by atoms with Gasteiger partial charge >= 0.3 is 50.7 Å². The van der Waals surface area contributed by atoms with Crippen LogP contribution in [0.4, 0.5) is 21.1 Å². The van der Waals surface area contributed by atoms with Crippen molar-refractivity contribution in [1.29, 1.82) is 0 Å². The van der Waals surface area contributed by atoms with Gasteiger partial charge in [-0.25, -0.2) is 46.5 Å². The number of phosphoric acid groups is 2. The summed E-state index contributed by atoms with van der Waals surface area (Å²) < 4.78 is 114. The zero-order chi connectivity index (χ0) is 62.6. The molecule has 5 unspecified atom stereocenters. The van der Waals surface area contributed by atoms with E-state index in [0.29, 0.717) is 34.5 Å². The number of fused-ring (bicyclic) bond motifs is 3. The van der Waals surface area contributed by atoms with E-state index in [9.17, 15) is 52.6 Å². The molecule has 6 rings (SSSR count). The average molecular weight is 1300 g/mol. The van der Waals surface area contributed by atoms with Gasteiger partial charge in [0.1, 0.15) is 37.2 Å². The first-order valence-electron chi connectivity index (χ1n) is 24.2. The number of rotatable bonds is 30. The highest BCUT2D eigenvalue weighted by atomic mass is 31.3. The molecule has 0 radical (unpaired) electrons. The summed E-state index contributed by atoms with van der Waals surface area (Å²) in [6.45, 7) is 5.32. The van der Waals surface area contributed by atoms with Crippen LogP contribution in [0, 0.1) is 6.92 Å². The number of aryl methyl sites for hydroxylation is 1. The standard InChI is InChI=1S/C20H31N4O11P.C11H18N3O11P3.C11H16N3O5P/c1-13(2)34-19(26)29-10-32-36(28,33-11-30-20(27)35-14(3)4)12-31-16(8-25)7-15-5-6-17-18(21)22-9-23-24(15)17;12-10-3-4-13-14-8(1-2-11(10)14)5-9(6-15)23-7-26(16,17)24-28(21,22)25-27(18,19)20;1-8-11-3-2-9(14(11)13-6-12-8)4-10(5-15)19-7-20(16,17)18/h5-6,9,13-14,16,25H,7-8,10-12H2,1-4H3,(H2,21,22,23);1-4,9,15H,5-7,12H2,(H,16,17)(H,21,22)(H2,18,19,20);2-3,6,10,15H,4-5,7H2,1H3,(H2,16,17,18). The number of hydrogen-bond donors (Lipinski definition) is 11. The fraction of sp³-hybridized carbons (Fsp3) is 0.500. The molecule has 0 amide bonds. The van der Waals surface area contributed by atoms with Gasteiger partial charge in [0.2, 0.25) is 13.6 Å². The molecule has 13 N–H and O–H groups in total. The maximum atomic E-state index is 13.1. The Morgan fingerprint density at radius 3 is 1.49 bits per heavy atom. The van der Waals surface area contributed by atoms with E-state index in [1.165, 1.54) is 27.9 Å². The summed E-state index contributed by atoms with van der Waals surface area (Å²) in [7, 11) is -24.4. The Kier molecular flexibility index (Phi) is 27.4. The van der Waals surface area contributed by atoms with Crippen LogP contribution in [0.5, 0.6) is 0 Å². The van der Waals surface area contributed by atoms with E-state index in [1.54, 1.807) is 62.5 Å². The van der Waals surface area contributed by atoms with Crippen molar-refractivity contribution in [1.82, 2.24) is 38.8 Å². The van der Waals surface area contributed by atoms with Gasteiger partial charge < -0.3 is 89.3 Å². The van der Waals surface area contributed by atoms with Gasteiger partial charge in [-0.05, 0) is 77.1 Å². The van der Waals surface area contributed by atoms with Crippen molar-refractivity contribution < 1.29 is 128 Å². The predicted molar refractivity (Wildman–Crippen MR) is 287 cm³/mol. The molecule has 5 atom stereocenters. The second-order valence-electron chi connectivity index (χ2n) is 17.7. The minimum Gasteiger partial charge on any atom is -0.432 e. The first-order chi connectivity index (χ1) is 39.2. The van der Waals surface area contributed by atoms with Gasteiger partial charge in [0.15, 0.2) is 5.82 Å². The molecule has 470 valence electrons. The first kappa shape index (κ1) is 71.1. The number of nitrogens with zero attached hydrogens (tertiary/aromatic N) is 8. The van der Waals surface area contributed by atoms with Gasteiger partial charge in [0.05, 0.1) is 72.8 Å². The van der Waals surface area contributed by atoms with Crippen LogP contribution in [0.15, 0.2) is 61.3 Å². The fourth-order valence-corrected chi connectivity index (χ4v) is 11.5. The van der Waals surface area contributed by atoms with E-state index in [-0.39, 0.29) is 25.3 Å². The van der Waals surface area contributed by atoms with Crippen molar-refractivity contribution >= 4 is 78.8 Å². The molecule has 0 saturated carbocycles. The average Bonchev–Trinajstić information content (AvgIpc) is 3.62. The van der Waals surface area contributed by atoms with Crippen LogP contribution in [0.1, 0.15) is 50.5 Å². The number of carbonyl (C=O) groups excluding carboxylic acids is 2. The molecule has 0 bridgehead atoms. The van der Waals surface area contributed by atoms with Crippen LogP contribution in [0.3, 0.4) is 0 Å². The number of nitrogen functional groups attached to an aromatic ring is 2. The number of aromatic nitrogens is 8. The molecule has 42 heteroatoms. The summed E-state index contributed by atoms with van der Waals surface area (Å²) in [5.74, 6) is 0.274. The molecule has 6 aromatic rings. The highest BCUT2D eigenvalue weighted by Gasteiger charge is 2.40. The largest absolute Gasteiger partial charge is 0.510 e. The van der Waals surface area contributed by atoms with E-state index >= 15 is 0 Å². The third kappa shape index (κ3) is 24.5. The highest BCUT2D eigenvalue weighted by molar-refractivity contribution is 7.68. The van der Waals surface area contributed by atoms with Gasteiger partial charge in [-0.1, -0.05) is 0 Å². The van der Waals surface area contributed by atoms with Crippen molar-refractivity contribution in [2.24, 2.45) is 0 Å². The molecule has 0 saturated heterocycles. The molecule has 0 spiro atoms. The Hall–Kier alpha value is -5.42. The highest BCUT2D eigenvalue weighted by Crippen LogP contribution is 2.66. The number of carbonyl (C=O) groups is 2. The molecule has 0 aliphatic carbocycles. The molecule has 6 aromatic heterocycles. The summed E-state index contributed by atoms with van der Waals surface area (Å²) in [5, 5.41) is 40.7. The van der Waals surface area contributed by atoms with Crippen molar-refractivity contribution in [3.63, 3.8) is 0 Å². The van der Waals surface area contributed by atoms with Gasteiger partial charge in [-0.3, -0.25) is 22.7 Å². The number of ether oxygens (including phenoxy) is 7. The van der Waals surface area contributed by atoms with Crippen LogP contribution >= 0.6 is 38.4 Å². The van der Waals surface area contributed by atoms with E-state index in [4.69, 9.17) is 78.1 Å². The zero-order valence-corrected chi connectivity index (χ0v) is 49.8. The maximum Gasteiger partial charge on any atom is 0.510 e. The summed E-state index contributed by atoms with van der Waals surface area (Å²) in [4.78, 5) is 84.2. The molecule has 84 heavy (non-hydrogen) atoms. The topological polar surface area (TPSA) is 533 Å². The maximum absolute atomic E-state index is 13.1. The molecule has 0 aliphatic rings. The zero-order valence-electron chi connectivity index (χ0n) is 45.3. The van der Waals surface area contributed by atoms with E-state index in [2.05, 4.69) is 33.9 Å². The molecule has 37 nitrogen and oxygen atoms in total. The van der Waals surface area contributed by atoms with Crippen LogP contribution in [-0.2, 0) is 92.9 Å². The molecule has 6 heterocycles. The summed E-state index contributed by atoms with van der Waals surface area (Å²) in [6, 6.07) is 12.0. The van der Waals surface area contributed by atoms with Gasteiger partial charge in [0, 0.05) is 42.5 Å². The van der Waals surface area contributed by atoms with Crippen molar-refractivity contribution in [2.75, 3.05) is 63.9 Å². The van der Waals surface area contributed by atoms with Crippen LogP contribution in [0.2, 0.25) is 0 Å². The smallest absolute Gasteiger partial charge is 0.432 e. The Balaban J connectivity index is 0.000000281. The normalized spacial score (nSPS) is 14.7. The Bertz CT molecular complexity index is 3300. The third-order valence-electron chi connectivity index (χ3n) is 10.2. The summed E-state index contributed by atoms with van der Waals surface area (Å²) in [5.41, 5.74) is 16.9. The Morgan fingerprint density at radius 1 is 0.571 bits per heavy atom. The van der Waals surface area contributed by atoms with Crippen LogP contribution in [0.25, 0.3) is 16.6 Å². The number of nitrogens with two attached hydrogens (primary N) is 2. The molecule has 0 fully saturated rings. The molecular weight excluding hydrogens is 1230 g/mol. The lowest BCUT2D eigenvalue weighted by atomic mass is 10.2. The van der Waals surface area contributed by atoms with E-state index < -0.39 is 127 Å². The lowest BCUT2D eigenvalue weighted by Gasteiger charge is -2.21. The predicted octanol–water partition coefficient (Wildman–Crippen LogP) is 2.75. The number of anilines is 2. The van der Waals surface area contributed by atoms with Gasteiger partial charge in [-0.15, -0.1) is 0 Å². The summed E-state index contributed by atoms with van der Waals surface area (Å²) >= 11 is 0. The van der Waals surface area contributed by atoms with Crippen molar-refractivity contribution in [2.45, 2.75) is 84.4 Å². The van der Waals surface area contributed by atoms with Crippen LogP contribution < -0.4 is 11.5 Å². The third-order valence-corrected chi connectivity index (χ3v) is 16.2. The fourth-order valence-electron chi connectivity index (χ4n) is 6.71. The lowest BCUT2D eigenvalue weighted by molar-refractivity contribution is -0.0393. The Labute approximate surface area is 476 Å². The monoisotopic (exact) mass is 1300 g/mol. The number of aliphatic hydroxyl groups is 3. The van der Waals surface area contributed by atoms with E-state index in [1.807, 2.05) is 19.1 Å². The molecular formula is C42H65N10O27P5.